The summed E-state index contributed by atoms with van der Waals surface area (Å²) in [5.74, 6) is 0.923. The van der Waals surface area contributed by atoms with Crippen molar-refractivity contribution < 1.29 is 0 Å². The average Bonchev–Trinajstić information content (AvgIpc) is 3.01. The number of nitrogens with two attached hydrogens (primary N) is 1. The van der Waals surface area contributed by atoms with Gasteiger partial charge in [-0.15, -0.1) is 0 Å². The molecule has 1 aliphatic carbocycles. The summed E-state index contributed by atoms with van der Waals surface area (Å²) in [6.07, 6.45) is 9.60. The predicted octanol–water partition coefficient (Wildman–Crippen LogP) is 2.06. The van der Waals surface area contributed by atoms with E-state index in [1.165, 1.54) is 71.1 Å². The van der Waals surface area contributed by atoms with E-state index in [1.54, 1.807) is 0 Å². The molecule has 1 saturated carbocycles. The lowest BCUT2D eigenvalue weighted by Crippen LogP contribution is -2.54. The van der Waals surface area contributed by atoms with Crippen LogP contribution < -0.4 is 5.73 Å². The van der Waals surface area contributed by atoms with Crippen molar-refractivity contribution in [1.82, 2.24) is 9.80 Å². The minimum atomic E-state index is 0.347. The van der Waals surface area contributed by atoms with Crippen LogP contribution in [0.4, 0.5) is 0 Å². The Hall–Kier alpha value is -0.120. The van der Waals surface area contributed by atoms with Gasteiger partial charge < -0.3 is 5.73 Å². The van der Waals surface area contributed by atoms with Crippen LogP contribution in [0.1, 0.15) is 51.9 Å². The van der Waals surface area contributed by atoms with Gasteiger partial charge in [0.25, 0.3) is 0 Å². The second kappa shape index (κ2) is 5.71. The Kier molecular flexibility index (Phi) is 4.16. The van der Waals surface area contributed by atoms with E-state index in [4.69, 9.17) is 5.73 Å². The zero-order valence-corrected chi connectivity index (χ0v) is 12.6. The summed E-state index contributed by atoms with van der Waals surface area (Å²) in [6.45, 7) is 8.44. The molecule has 110 valence electrons. The van der Waals surface area contributed by atoms with Crippen LogP contribution in [-0.4, -0.2) is 54.1 Å². The zero-order valence-electron chi connectivity index (χ0n) is 12.6. The van der Waals surface area contributed by atoms with E-state index < -0.39 is 0 Å². The first-order valence-corrected chi connectivity index (χ1v) is 8.46. The molecule has 3 nitrogen and oxygen atoms in total. The lowest BCUT2D eigenvalue weighted by molar-refractivity contribution is 0.0855. The Labute approximate surface area is 118 Å². The third-order valence-electron chi connectivity index (χ3n) is 6.12. The van der Waals surface area contributed by atoms with Gasteiger partial charge in [0, 0.05) is 31.2 Å². The molecule has 0 aromatic carbocycles. The summed E-state index contributed by atoms with van der Waals surface area (Å²) >= 11 is 0. The first-order valence-electron chi connectivity index (χ1n) is 8.46. The minimum absolute atomic E-state index is 0.347. The number of nitrogens with zero attached hydrogens (tertiary/aromatic N) is 2. The van der Waals surface area contributed by atoms with E-state index in [0.29, 0.717) is 5.54 Å². The fraction of sp³-hybridized carbons (Fsp3) is 1.00. The third-order valence-corrected chi connectivity index (χ3v) is 6.12. The zero-order chi connectivity index (χ0) is 13.3. The molecule has 0 spiro atoms. The number of hydrogen-bond donors (Lipinski definition) is 1. The van der Waals surface area contributed by atoms with Crippen molar-refractivity contribution in [2.75, 3.05) is 32.7 Å². The highest BCUT2D eigenvalue weighted by atomic mass is 15.3. The maximum atomic E-state index is 6.25. The van der Waals surface area contributed by atoms with Gasteiger partial charge in [-0.3, -0.25) is 9.80 Å². The Morgan fingerprint density at radius 2 is 2.00 bits per heavy atom. The van der Waals surface area contributed by atoms with Crippen LogP contribution in [-0.2, 0) is 0 Å². The Morgan fingerprint density at radius 1 is 1.16 bits per heavy atom. The molecule has 3 heteroatoms. The van der Waals surface area contributed by atoms with Crippen molar-refractivity contribution in [2.24, 2.45) is 11.7 Å². The molecule has 0 aromatic rings. The molecule has 3 atom stereocenters. The van der Waals surface area contributed by atoms with E-state index in [2.05, 4.69) is 16.7 Å². The van der Waals surface area contributed by atoms with Crippen molar-refractivity contribution in [1.29, 1.82) is 0 Å². The Balaban J connectivity index is 1.72. The van der Waals surface area contributed by atoms with Gasteiger partial charge in [0.05, 0.1) is 0 Å². The molecule has 2 N–H and O–H groups in total. The van der Waals surface area contributed by atoms with Crippen LogP contribution in [0.5, 0.6) is 0 Å². The maximum absolute atomic E-state index is 6.25. The van der Waals surface area contributed by atoms with Crippen LogP contribution in [0.2, 0.25) is 0 Å². The van der Waals surface area contributed by atoms with Crippen molar-refractivity contribution >= 4 is 0 Å². The Morgan fingerprint density at radius 3 is 2.74 bits per heavy atom. The molecule has 0 radical (unpaired) electrons. The van der Waals surface area contributed by atoms with Gasteiger partial charge in [-0.25, -0.2) is 0 Å². The van der Waals surface area contributed by atoms with Gasteiger partial charge in [0.15, 0.2) is 0 Å². The minimum Gasteiger partial charge on any atom is -0.329 e. The van der Waals surface area contributed by atoms with Crippen molar-refractivity contribution in [2.45, 2.75) is 63.5 Å². The smallest absolute Gasteiger partial charge is 0.0335 e. The molecule has 3 fully saturated rings. The first-order chi connectivity index (χ1) is 9.27. The van der Waals surface area contributed by atoms with Crippen LogP contribution in [0, 0.1) is 5.92 Å². The summed E-state index contributed by atoms with van der Waals surface area (Å²) < 4.78 is 0. The largest absolute Gasteiger partial charge is 0.329 e. The molecular weight excluding hydrogens is 234 g/mol. The topological polar surface area (TPSA) is 32.5 Å². The highest BCUT2D eigenvalue weighted by Gasteiger charge is 2.44. The molecule has 2 heterocycles. The normalized spacial score (nSPS) is 41.4. The van der Waals surface area contributed by atoms with Gasteiger partial charge in [-0.2, -0.15) is 0 Å². The molecule has 3 aliphatic rings. The summed E-state index contributed by atoms with van der Waals surface area (Å²) in [4.78, 5) is 5.54. The molecule has 0 amide bonds. The number of rotatable bonds is 3. The summed E-state index contributed by atoms with van der Waals surface area (Å²) in [5.41, 5.74) is 6.60. The molecule has 3 unspecified atom stereocenters. The van der Waals surface area contributed by atoms with Gasteiger partial charge in [0.1, 0.15) is 0 Å². The van der Waals surface area contributed by atoms with E-state index in [9.17, 15) is 0 Å². The highest BCUT2D eigenvalue weighted by molar-refractivity contribution is 5.01. The molecule has 19 heavy (non-hydrogen) atoms. The van der Waals surface area contributed by atoms with Gasteiger partial charge >= 0.3 is 0 Å². The van der Waals surface area contributed by atoms with Gasteiger partial charge in [0.2, 0.25) is 0 Å². The van der Waals surface area contributed by atoms with Crippen LogP contribution in [0.15, 0.2) is 0 Å². The van der Waals surface area contributed by atoms with E-state index in [-0.39, 0.29) is 0 Å². The lowest BCUT2D eigenvalue weighted by Gasteiger charge is -2.41. The molecule has 0 bridgehead atoms. The third kappa shape index (κ3) is 2.57. The fourth-order valence-electron chi connectivity index (χ4n) is 4.80. The van der Waals surface area contributed by atoms with Crippen LogP contribution in [0.3, 0.4) is 0 Å². The van der Waals surface area contributed by atoms with Crippen molar-refractivity contribution in [3.8, 4) is 0 Å². The first kappa shape index (κ1) is 13.8. The summed E-state index contributed by atoms with van der Waals surface area (Å²) in [6, 6.07) is 0.826. The maximum Gasteiger partial charge on any atom is 0.0335 e. The molecule has 2 aliphatic heterocycles. The predicted molar refractivity (Wildman–Crippen MR) is 80.2 cm³/mol. The lowest BCUT2D eigenvalue weighted by atomic mass is 9.92. The van der Waals surface area contributed by atoms with Crippen LogP contribution in [0.25, 0.3) is 0 Å². The van der Waals surface area contributed by atoms with E-state index in [0.717, 1.165) is 18.5 Å². The fourth-order valence-corrected chi connectivity index (χ4v) is 4.80. The van der Waals surface area contributed by atoms with E-state index >= 15 is 0 Å². The van der Waals surface area contributed by atoms with Crippen LogP contribution >= 0.6 is 0 Å². The highest BCUT2D eigenvalue weighted by Crippen LogP contribution is 2.41. The molecule has 0 aromatic heterocycles. The van der Waals surface area contributed by atoms with Crippen molar-refractivity contribution in [3.05, 3.63) is 0 Å². The monoisotopic (exact) mass is 265 g/mol. The van der Waals surface area contributed by atoms with Gasteiger partial charge in [-0.05, 0) is 57.5 Å². The van der Waals surface area contributed by atoms with Gasteiger partial charge in [-0.1, -0.05) is 13.3 Å². The second-order valence-electron chi connectivity index (χ2n) is 7.08. The molecule has 3 rings (SSSR count). The van der Waals surface area contributed by atoms with E-state index in [1.807, 2.05) is 0 Å². The average molecular weight is 265 g/mol. The molecule has 2 saturated heterocycles. The number of hydrogen-bond acceptors (Lipinski definition) is 3. The Bertz CT molecular complexity index is 306. The number of fused-ring (bicyclic) bond motifs is 1. The summed E-state index contributed by atoms with van der Waals surface area (Å²) in [7, 11) is 0. The van der Waals surface area contributed by atoms with Crippen molar-refractivity contribution in [3.63, 3.8) is 0 Å². The standard InChI is InChI=1S/C16H31N3/c1-2-14-6-7-16(11-14,13-17)19-10-4-9-18-8-3-5-15(18)12-19/h14-15H,2-13,17H2,1H3. The second-order valence-corrected chi connectivity index (χ2v) is 7.08. The SMILES string of the molecule is CCC1CCC(CN)(N2CCCN3CCCC3C2)C1. The molecular formula is C16H31N3. The quantitative estimate of drug-likeness (QED) is 0.848. The summed E-state index contributed by atoms with van der Waals surface area (Å²) in [5, 5.41) is 0.